The van der Waals surface area contributed by atoms with E-state index >= 15 is 0 Å². The van der Waals surface area contributed by atoms with Gasteiger partial charge in [-0.25, -0.2) is 4.98 Å². The van der Waals surface area contributed by atoms with E-state index < -0.39 is 0 Å². The van der Waals surface area contributed by atoms with E-state index in [0.29, 0.717) is 5.56 Å². The van der Waals surface area contributed by atoms with Crippen LogP contribution in [0.4, 0.5) is 5.82 Å². The Kier molecular flexibility index (Phi) is 3.77. The van der Waals surface area contributed by atoms with Gasteiger partial charge in [0.1, 0.15) is 5.82 Å². The van der Waals surface area contributed by atoms with Crippen LogP contribution < -0.4 is 4.90 Å². The molecule has 0 atom stereocenters. The van der Waals surface area contributed by atoms with Gasteiger partial charge >= 0.3 is 0 Å². The Labute approximate surface area is 103 Å². The molecule has 3 heteroatoms. The Balaban J connectivity index is 2.04. The van der Waals surface area contributed by atoms with Crippen molar-refractivity contribution in [2.24, 2.45) is 5.92 Å². The van der Waals surface area contributed by atoms with Crippen LogP contribution in [0.3, 0.4) is 0 Å². The van der Waals surface area contributed by atoms with Crippen LogP contribution >= 0.6 is 0 Å². The molecular weight excluding hydrogens is 212 g/mol. The summed E-state index contributed by atoms with van der Waals surface area (Å²) in [7, 11) is 0. The van der Waals surface area contributed by atoms with Crippen LogP contribution in [0.15, 0.2) is 18.3 Å². The third kappa shape index (κ3) is 2.84. The highest BCUT2D eigenvalue weighted by Crippen LogP contribution is 2.28. The maximum absolute atomic E-state index is 11.2. The topological polar surface area (TPSA) is 33.2 Å². The highest BCUT2D eigenvalue weighted by molar-refractivity contribution is 5.93. The first-order valence-electron chi connectivity index (χ1n) is 6.42. The third-order valence-electron chi connectivity index (χ3n) is 3.56. The first-order chi connectivity index (χ1) is 8.20. The fourth-order valence-electron chi connectivity index (χ4n) is 2.15. The standard InChI is InChI=1S/C14H20N2O/c1-3-16(10-12-5-4-6-12)14-8-7-13(9-15-14)11(2)17/h7-9,12H,3-6,10H2,1-2H3. The number of nitrogens with zero attached hydrogens (tertiary/aromatic N) is 2. The van der Waals surface area contributed by atoms with Crippen LogP contribution in [0.2, 0.25) is 0 Å². The second kappa shape index (κ2) is 5.30. The number of aromatic nitrogens is 1. The van der Waals surface area contributed by atoms with Crippen LogP contribution in [0.5, 0.6) is 0 Å². The number of carbonyl (C=O) groups excluding carboxylic acids is 1. The number of Topliss-reactive ketones (excluding diaryl/α,β-unsaturated/α-hetero) is 1. The minimum atomic E-state index is 0.0751. The zero-order valence-corrected chi connectivity index (χ0v) is 10.6. The van der Waals surface area contributed by atoms with Gasteiger partial charge in [0.25, 0.3) is 0 Å². The molecule has 0 spiro atoms. The molecule has 1 aliphatic rings. The maximum atomic E-state index is 11.2. The average Bonchev–Trinajstić information content (AvgIpc) is 2.28. The molecule has 0 saturated heterocycles. The molecule has 1 fully saturated rings. The van der Waals surface area contributed by atoms with Crippen molar-refractivity contribution in [3.05, 3.63) is 23.9 Å². The van der Waals surface area contributed by atoms with Gasteiger partial charge < -0.3 is 4.90 Å². The zero-order chi connectivity index (χ0) is 12.3. The van der Waals surface area contributed by atoms with Gasteiger partial charge in [-0.15, -0.1) is 0 Å². The molecule has 1 aliphatic carbocycles. The van der Waals surface area contributed by atoms with Crippen LogP contribution in [0.25, 0.3) is 0 Å². The fraction of sp³-hybridized carbons (Fsp3) is 0.571. The highest BCUT2D eigenvalue weighted by Gasteiger charge is 2.20. The van der Waals surface area contributed by atoms with Crippen molar-refractivity contribution >= 4 is 11.6 Å². The molecule has 1 aromatic heterocycles. The summed E-state index contributed by atoms with van der Waals surface area (Å²) in [6, 6.07) is 3.83. The minimum Gasteiger partial charge on any atom is -0.357 e. The summed E-state index contributed by atoms with van der Waals surface area (Å²) in [6.45, 7) is 5.80. The summed E-state index contributed by atoms with van der Waals surface area (Å²) in [5.41, 5.74) is 0.688. The van der Waals surface area contributed by atoms with Crippen molar-refractivity contribution in [1.29, 1.82) is 0 Å². The molecule has 0 amide bonds. The molecule has 17 heavy (non-hydrogen) atoms. The summed E-state index contributed by atoms with van der Waals surface area (Å²) in [5.74, 6) is 1.90. The Morgan fingerprint density at radius 1 is 1.47 bits per heavy atom. The van der Waals surface area contributed by atoms with Crippen molar-refractivity contribution in [3.63, 3.8) is 0 Å². The molecule has 0 N–H and O–H groups in total. The van der Waals surface area contributed by atoms with Gasteiger partial charge in [0.15, 0.2) is 5.78 Å². The number of ketones is 1. The molecule has 1 heterocycles. The normalized spacial score (nSPS) is 15.4. The third-order valence-corrected chi connectivity index (χ3v) is 3.56. The second-order valence-electron chi connectivity index (χ2n) is 4.80. The molecule has 92 valence electrons. The fourth-order valence-corrected chi connectivity index (χ4v) is 2.15. The van der Waals surface area contributed by atoms with Gasteiger partial charge in [0.05, 0.1) is 0 Å². The summed E-state index contributed by atoms with van der Waals surface area (Å²) < 4.78 is 0. The van der Waals surface area contributed by atoms with Gasteiger partial charge in [-0.05, 0) is 44.7 Å². The SMILES string of the molecule is CCN(CC1CCC1)c1ccc(C(C)=O)cn1. The Bertz CT molecular complexity index is 382. The molecule has 1 saturated carbocycles. The summed E-state index contributed by atoms with van der Waals surface area (Å²) >= 11 is 0. The van der Waals surface area contributed by atoms with E-state index in [1.807, 2.05) is 12.1 Å². The predicted octanol–water partition coefficient (Wildman–Crippen LogP) is 2.91. The van der Waals surface area contributed by atoms with E-state index in [2.05, 4.69) is 16.8 Å². The van der Waals surface area contributed by atoms with E-state index in [-0.39, 0.29) is 5.78 Å². The monoisotopic (exact) mass is 232 g/mol. The van der Waals surface area contributed by atoms with Crippen LogP contribution in [0, 0.1) is 5.92 Å². The van der Waals surface area contributed by atoms with Crippen LogP contribution in [-0.2, 0) is 0 Å². The maximum Gasteiger partial charge on any atom is 0.161 e. The van der Waals surface area contributed by atoms with Crippen molar-refractivity contribution < 1.29 is 4.79 Å². The number of carbonyl (C=O) groups is 1. The molecule has 2 rings (SSSR count). The molecule has 3 nitrogen and oxygen atoms in total. The number of pyridine rings is 1. The van der Waals surface area contributed by atoms with E-state index in [0.717, 1.165) is 24.8 Å². The van der Waals surface area contributed by atoms with Crippen LogP contribution in [0.1, 0.15) is 43.5 Å². The molecule has 0 bridgehead atoms. The first kappa shape index (κ1) is 12.1. The average molecular weight is 232 g/mol. The Morgan fingerprint density at radius 3 is 2.65 bits per heavy atom. The number of hydrogen-bond acceptors (Lipinski definition) is 3. The Morgan fingerprint density at radius 2 is 2.24 bits per heavy atom. The van der Waals surface area contributed by atoms with Crippen molar-refractivity contribution in [2.75, 3.05) is 18.0 Å². The lowest BCUT2D eigenvalue weighted by Gasteiger charge is -2.32. The lowest BCUT2D eigenvalue weighted by Crippen LogP contribution is -2.32. The molecule has 0 aliphatic heterocycles. The van der Waals surface area contributed by atoms with Crippen molar-refractivity contribution in [1.82, 2.24) is 4.98 Å². The van der Waals surface area contributed by atoms with E-state index in [1.165, 1.54) is 19.3 Å². The molecule has 0 aromatic carbocycles. The first-order valence-corrected chi connectivity index (χ1v) is 6.42. The zero-order valence-electron chi connectivity index (χ0n) is 10.6. The lowest BCUT2D eigenvalue weighted by molar-refractivity contribution is 0.101. The van der Waals surface area contributed by atoms with E-state index in [4.69, 9.17) is 0 Å². The molecule has 0 radical (unpaired) electrons. The summed E-state index contributed by atoms with van der Waals surface area (Å²) in [4.78, 5) is 17.9. The Hall–Kier alpha value is -1.38. The summed E-state index contributed by atoms with van der Waals surface area (Å²) in [6.07, 6.45) is 5.75. The minimum absolute atomic E-state index is 0.0751. The quantitative estimate of drug-likeness (QED) is 0.732. The molecule has 1 aromatic rings. The van der Waals surface area contributed by atoms with E-state index in [1.54, 1.807) is 13.1 Å². The summed E-state index contributed by atoms with van der Waals surface area (Å²) in [5, 5.41) is 0. The highest BCUT2D eigenvalue weighted by atomic mass is 16.1. The van der Waals surface area contributed by atoms with E-state index in [9.17, 15) is 4.79 Å². The number of anilines is 1. The largest absolute Gasteiger partial charge is 0.357 e. The smallest absolute Gasteiger partial charge is 0.161 e. The van der Waals surface area contributed by atoms with Crippen molar-refractivity contribution in [3.8, 4) is 0 Å². The van der Waals surface area contributed by atoms with Gasteiger partial charge in [0, 0.05) is 24.8 Å². The van der Waals surface area contributed by atoms with Gasteiger partial charge in [-0.3, -0.25) is 4.79 Å². The van der Waals surface area contributed by atoms with Gasteiger partial charge in [0.2, 0.25) is 0 Å². The van der Waals surface area contributed by atoms with Crippen molar-refractivity contribution in [2.45, 2.75) is 33.1 Å². The lowest BCUT2D eigenvalue weighted by atomic mass is 9.85. The molecule has 0 unspecified atom stereocenters. The van der Waals surface area contributed by atoms with Gasteiger partial charge in [-0.2, -0.15) is 0 Å². The predicted molar refractivity (Wildman–Crippen MR) is 69.5 cm³/mol. The van der Waals surface area contributed by atoms with Crippen LogP contribution in [-0.4, -0.2) is 23.9 Å². The van der Waals surface area contributed by atoms with Gasteiger partial charge in [-0.1, -0.05) is 6.42 Å². The molecular formula is C14H20N2O. The number of rotatable bonds is 5. The number of hydrogen-bond donors (Lipinski definition) is 0. The second-order valence-corrected chi connectivity index (χ2v) is 4.80.